The van der Waals surface area contributed by atoms with E-state index in [0.29, 0.717) is 13.2 Å². The maximum Gasteiger partial charge on any atom is 0.241 e. The van der Waals surface area contributed by atoms with Gasteiger partial charge in [0.2, 0.25) is 5.91 Å². The molecule has 0 aliphatic carbocycles. The number of anilines is 1. The Morgan fingerprint density at radius 1 is 1.53 bits per heavy atom. The predicted octanol–water partition coefficient (Wildman–Crippen LogP) is 0.158. The number of aromatic nitrogens is 1. The standard InChI is InChI=1S/C12H20N4O2S/c1-15-4-5-16(9-11(15)17)12-14-8-10(19-12)7-13-3-6-18-2/h8,13H,3-7,9H2,1-2H3. The van der Waals surface area contributed by atoms with Gasteiger partial charge in [-0.05, 0) is 0 Å². The van der Waals surface area contributed by atoms with Gasteiger partial charge in [0.25, 0.3) is 0 Å². The van der Waals surface area contributed by atoms with E-state index < -0.39 is 0 Å². The highest BCUT2D eigenvalue weighted by atomic mass is 32.1. The van der Waals surface area contributed by atoms with E-state index in [1.165, 1.54) is 4.88 Å². The van der Waals surface area contributed by atoms with E-state index in [0.717, 1.165) is 31.3 Å². The fraction of sp³-hybridized carbons (Fsp3) is 0.667. The number of amides is 1. The van der Waals surface area contributed by atoms with Gasteiger partial charge >= 0.3 is 0 Å². The van der Waals surface area contributed by atoms with Gasteiger partial charge in [-0.3, -0.25) is 4.79 Å². The van der Waals surface area contributed by atoms with Crippen LogP contribution in [0.3, 0.4) is 0 Å². The number of rotatable bonds is 6. The fourth-order valence-electron chi connectivity index (χ4n) is 1.83. The quantitative estimate of drug-likeness (QED) is 0.754. The number of nitrogens with one attached hydrogen (secondary N) is 1. The first-order valence-electron chi connectivity index (χ1n) is 6.34. The van der Waals surface area contributed by atoms with Crippen LogP contribution < -0.4 is 10.2 Å². The Hall–Kier alpha value is -1.18. The second-order valence-electron chi connectivity index (χ2n) is 4.52. The molecule has 106 valence electrons. The van der Waals surface area contributed by atoms with Crippen molar-refractivity contribution in [3.05, 3.63) is 11.1 Å². The van der Waals surface area contributed by atoms with Crippen LogP contribution in [0.25, 0.3) is 0 Å². The third-order valence-electron chi connectivity index (χ3n) is 3.05. The summed E-state index contributed by atoms with van der Waals surface area (Å²) < 4.78 is 4.98. The molecular formula is C12H20N4O2S. The number of nitrogens with zero attached hydrogens (tertiary/aromatic N) is 3. The van der Waals surface area contributed by atoms with Crippen LogP contribution in [-0.2, 0) is 16.1 Å². The number of carbonyl (C=O) groups is 1. The number of methoxy groups -OCH3 is 1. The van der Waals surface area contributed by atoms with Gasteiger partial charge in [0.1, 0.15) is 0 Å². The molecule has 0 radical (unpaired) electrons. The van der Waals surface area contributed by atoms with Crippen LogP contribution in [0.5, 0.6) is 0 Å². The third-order valence-corrected chi connectivity index (χ3v) is 4.11. The summed E-state index contributed by atoms with van der Waals surface area (Å²) in [6, 6.07) is 0. The van der Waals surface area contributed by atoms with Crippen molar-refractivity contribution in [3.63, 3.8) is 0 Å². The molecule has 0 saturated carbocycles. The number of likely N-dealkylation sites (N-methyl/N-ethyl adjacent to an activating group) is 1. The van der Waals surface area contributed by atoms with Crippen LogP contribution >= 0.6 is 11.3 Å². The summed E-state index contributed by atoms with van der Waals surface area (Å²) >= 11 is 1.64. The number of ether oxygens (including phenoxy) is 1. The van der Waals surface area contributed by atoms with E-state index in [1.807, 2.05) is 18.1 Å². The average molecular weight is 284 g/mol. The van der Waals surface area contributed by atoms with Crippen LogP contribution in [0.1, 0.15) is 4.88 Å². The monoisotopic (exact) mass is 284 g/mol. The lowest BCUT2D eigenvalue weighted by Crippen LogP contribution is -2.48. The molecule has 2 heterocycles. The van der Waals surface area contributed by atoms with E-state index in [4.69, 9.17) is 4.74 Å². The summed E-state index contributed by atoms with van der Waals surface area (Å²) in [5.74, 6) is 0.154. The van der Waals surface area contributed by atoms with Crippen molar-refractivity contribution in [2.24, 2.45) is 0 Å². The summed E-state index contributed by atoms with van der Waals surface area (Å²) in [5, 5.41) is 4.22. The molecular weight excluding hydrogens is 264 g/mol. The molecule has 0 spiro atoms. The molecule has 1 aliphatic rings. The molecule has 19 heavy (non-hydrogen) atoms. The Labute approximate surface area is 117 Å². The van der Waals surface area contributed by atoms with Gasteiger partial charge in [0.15, 0.2) is 5.13 Å². The van der Waals surface area contributed by atoms with Gasteiger partial charge in [-0.15, -0.1) is 11.3 Å². The maximum atomic E-state index is 11.7. The van der Waals surface area contributed by atoms with E-state index >= 15 is 0 Å². The molecule has 1 saturated heterocycles. The second kappa shape index (κ2) is 6.83. The predicted molar refractivity (Wildman–Crippen MR) is 75.5 cm³/mol. The van der Waals surface area contributed by atoms with Crippen LogP contribution in [-0.4, -0.2) is 62.7 Å². The Balaban J connectivity index is 1.85. The minimum atomic E-state index is 0.154. The van der Waals surface area contributed by atoms with Crippen molar-refractivity contribution < 1.29 is 9.53 Å². The first-order chi connectivity index (χ1) is 9.20. The lowest BCUT2D eigenvalue weighted by Gasteiger charge is -2.31. The molecule has 0 atom stereocenters. The molecule has 0 bridgehead atoms. The lowest BCUT2D eigenvalue weighted by molar-refractivity contribution is -0.129. The smallest absolute Gasteiger partial charge is 0.241 e. The summed E-state index contributed by atoms with van der Waals surface area (Å²) in [7, 11) is 3.53. The van der Waals surface area contributed by atoms with E-state index in [2.05, 4.69) is 10.3 Å². The Kier molecular flexibility index (Phi) is 5.12. The van der Waals surface area contributed by atoms with Crippen molar-refractivity contribution in [2.45, 2.75) is 6.54 Å². The van der Waals surface area contributed by atoms with Gasteiger partial charge in [-0.1, -0.05) is 0 Å². The van der Waals surface area contributed by atoms with Gasteiger partial charge in [-0.25, -0.2) is 4.98 Å². The summed E-state index contributed by atoms with van der Waals surface area (Å²) in [4.78, 5) is 21.1. The molecule has 2 rings (SSSR count). The van der Waals surface area contributed by atoms with Crippen LogP contribution in [0.4, 0.5) is 5.13 Å². The van der Waals surface area contributed by atoms with Crippen molar-refractivity contribution in [1.29, 1.82) is 0 Å². The number of hydrogen-bond acceptors (Lipinski definition) is 6. The van der Waals surface area contributed by atoms with Gasteiger partial charge in [0.05, 0.1) is 13.2 Å². The van der Waals surface area contributed by atoms with E-state index in [-0.39, 0.29) is 5.91 Å². The highest BCUT2D eigenvalue weighted by Gasteiger charge is 2.22. The Morgan fingerprint density at radius 2 is 2.37 bits per heavy atom. The molecule has 1 N–H and O–H groups in total. The first kappa shape index (κ1) is 14.2. The van der Waals surface area contributed by atoms with E-state index in [9.17, 15) is 4.79 Å². The van der Waals surface area contributed by atoms with Crippen molar-refractivity contribution >= 4 is 22.4 Å². The lowest BCUT2D eigenvalue weighted by atomic mass is 10.3. The van der Waals surface area contributed by atoms with Crippen LogP contribution in [0.15, 0.2) is 6.20 Å². The normalized spacial score (nSPS) is 16.2. The van der Waals surface area contributed by atoms with Crippen molar-refractivity contribution in [3.8, 4) is 0 Å². The second-order valence-corrected chi connectivity index (χ2v) is 5.61. The number of thiazole rings is 1. The molecule has 0 aromatic carbocycles. The van der Waals surface area contributed by atoms with Crippen LogP contribution in [0, 0.1) is 0 Å². The zero-order valence-electron chi connectivity index (χ0n) is 11.4. The molecule has 0 unspecified atom stereocenters. The van der Waals surface area contributed by atoms with Gasteiger partial charge in [0, 0.05) is 51.4 Å². The molecule has 1 aromatic heterocycles. The minimum absolute atomic E-state index is 0.154. The molecule has 1 aromatic rings. The highest BCUT2D eigenvalue weighted by molar-refractivity contribution is 7.15. The van der Waals surface area contributed by atoms with E-state index in [1.54, 1.807) is 23.3 Å². The SMILES string of the molecule is COCCNCc1cnc(N2CCN(C)C(=O)C2)s1. The summed E-state index contributed by atoms with van der Waals surface area (Å²) in [6.45, 7) is 4.38. The van der Waals surface area contributed by atoms with Crippen molar-refractivity contribution in [2.75, 3.05) is 51.8 Å². The Morgan fingerprint density at radius 3 is 3.11 bits per heavy atom. The largest absolute Gasteiger partial charge is 0.383 e. The molecule has 6 nitrogen and oxygen atoms in total. The zero-order valence-corrected chi connectivity index (χ0v) is 12.2. The summed E-state index contributed by atoms with van der Waals surface area (Å²) in [5.41, 5.74) is 0. The molecule has 1 fully saturated rings. The minimum Gasteiger partial charge on any atom is -0.383 e. The van der Waals surface area contributed by atoms with Crippen molar-refractivity contribution in [1.82, 2.24) is 15.2 Å². The van der Waals surface area contributed by atoms with Gasteiger partial charge < -0.3 is 19.9 Å². The number of hydrogen-bond donors (Lipinski definition) is 1. The highest BCUT2D eigenvalue weighted by Crippen LogP contribution is 2.23. The van der Waals surface area contributed by atoms with Crippen LogP contribution in [0.2, 0.25) is 0 Å². The number of piperazine rings is 1. The maximum absolute atomic E-state index is 11.7. The summed E-state index contributed by atoms with van der Waals surface area (Å²) in [6.07, 6.45) is 1.88. The zero-order chi connectivity index (χ0) is 13.7. The first-order valence-corrected chi connectivity index (χ1v) is 7.15. The molecule has 7 heteroatoms. The molecule has 1 amide bonds. The topological polar surface area (TPSA) is 57.7 Å². The number of carbonyl (C=O) groups excluding carboxylic acids is 1. The average Bonchev–Trinajstić information content (AvgIpc) is 2.87. The fourth-order valence-corrected chi connectivity index (χ4v) is 2.74. The Bertz CT molecular complexity index is 424. The van der Waals surface area contributed by atoms with Gasteiger partial charge in [-0.2, -0.15) is 0 Å². The molecule has 1 aliphatic heterocycles. The third kappa shape index (κ3) is 3.89.